The second-order valence-corrected chi connectivity index (χ2v) is 9.88. The average Bonchev–Trinajstić information content (AvgIpc) is 2.77. The van der Waals surface area contributed by atoms with Gasteiger partial charge in [0, 0.05) is 17.3 Å². The number of aromatic hydroxyl groups is 1. The number of nitrogens with zero attached hydrogens (tertiary/aromatic N) is 2. The number of rotatable bonds is 6. The summed E-state index contributed by atoms with van der Waals surface area (Å²) in [6.45, 7) is 8.59. The van der Waals surface area contributed by atoms with Crippen molar-refractivity contribution in [1.82, 2.24) is 10.3 Å². The van der Waals surface area contributed by atoms with Gasteiger partial charge in [0.15, 0.2) is 11.4 Å². The fourth-order valence-electron chi connectivity index (χ4n) is 3.40. The maximum absolute atomic E-state index is 12.8. The van der Waals surface area contributed by atoms with E-state index in [9.17, 15) is 20.0 Å². The molecule has 0 bridgehead atoms. The molecule has 34 heavy (non-hydrogen) atoms. The van der Waals surface area contributed by atoms with Crippen molar-refractivity contribution in [2.24, 2.45) is 5.41 Å². The Morgan fingerprint density at radius 3 is 2.32 bits per heavy atom. The third-order valence-corrected chi connectivity index (χ3v) is 5.26. The zero-order chi connectivity index (χ0) is 25.1. The van der Waals surface area contributed by atoms with Gasteiger partial charge in [-0.1, -0.05) is 42.5 Å². The minimum absolute atomic E-state index is 0.0300. The third-order valence-electron chi connectivity index (χ3n) is 5.26. The number of esters is 1. The van der Waals surface area contributed by atoms with Gasteiger partial charge in [-0.3, -0.25) is 9.59 Å². The summed E-state index contributed by atoms with van der Waals surface area (Å²) < 4.78 is 5.41. The number of hydrogen-bond acceptors (Lipinski definition) is 6. The fraction of sp³-hybridized carbons (Fsp3) is 0.333. The number of benzene rings is 2. The van der Waals surface area contributed by atoms with E-state index < -0.39 is 22.9 Å². The average molecular weight is 460 g/mol. The lowest BCUT2D eigenvalue weighted by atomic mass is 9.93. The molecule has 0 saturated heterocycles. The van der Waals surface area contributed by atoms with Crippen LogP contribution >= 0.6 is 0 Å². The molecule has 0 aliphatic carbocycles. The number of amides is 1. The Hall–Kier alpha value is -3.92. The number of aromatic nitrogens is 1. The van der Waals surface area contributed by atoms with Crippen LogP contribution in [0.3, 0.4) is 0 Å². The molecular formula is C27H29N3O4. The van der Waals surface area contributed by atoms with Crippen LogP contribution in [-0.2, 0) is 16.0 Å². The number of carbonyl (C=O) groups is 2. The first-order valence-corrected chi connectivity index (χ1v) is 11.0. The van der Waals surface area contributed by atoms with E-state index >= 15 is 0 Å². The highest BCUT2D eigenvalue weighted by Gasteiger charge is 2.33. The Labute approximate surface area is 199 Å². The molecule has 0 fully saturated rings. The van der Waals surface area contributed by atoms with Crippen molar-refractivity contribution in [2.75, 3.05) is 6.54 Å². The van der Waals surface area contributed by atoms with E-state index in [1.54, 1.807) is 46.8 Å². The Bertz CT molecular complexity index is 1270. The van der Waals surface area contributed by atoms with E-state index in [1.165, 1.54) is 0 Å². The van der Waals surface area contributed by atoms with Gasteiger partial charge in [0.1, 0.15) is 17.4 Å². The second kappa shape index (κ2) is 9.52. The maximum atomic E-state index is 12.8. The number of nitriles is 1. The summed E-state index contributed by atoms with van der Waals surface area (Å²) in [5, 5.41) is 23.9. The molecule has 7 nitrogen and oxygen atoms in total. The van der Waals surface area contributed by atoms with Gasteiger partial charge in [-0.15, -0.1) is 0 Å². The topological polar surface area (TPSA) is 112 Å². The van der Waals surface area contributed by atoms with Gasteiger partial charge < -0.3 is 15.2 Å². The fourth-order valence-corrected chi connectivity index (χ4v) is 3.40. The molecule has 0 saturated carbocycles. The van der Waals surface area contributed by atoms with Gasteiger partial charge in [0.05, 0.1) is 5.41 Å². The highest BCUT2D eigenvalue weighted by molar-refractivity contribution is 6.03. The highest BCUT2D eigenvalue weighted by Crippen LogP contribution is 2.31. The summed E-state index contributed by atoms with van der Waals surface area (Å²) in [6, 6.07) is 17.3. The van der Waals surface area contributed by atoms with Crippen molar-refractivity contribution in [3.63, 3.8) is 0 Å². The van der Waals surface area contributed by atoms with E-state index in [2.05, 4.69) is 10.3 Å². The van der Waals surface area contributed by atoms with Gasteiger partial charge in [-0.2, -0.15) is 5.26 Å². The predicted molar refractivity (Wildman–Crippen MR) is 129 cm³/mol. The monoisotopic (exact) mass is 459 g/mol. The molecule has 0 aliphatic rings. The van der Waals surface area contributed by atoms with E-state index in [4.69, 9.17) is 4.74 Å². The van der Waals surface area contributed by atoms with Crippen molar-refractivity contribution in [1.29, 1.82) is 5.26 Å². The first kappa shape index (κ1) is 24.7. The highest BCUT2D eigenvalue weighted by atomic mass is 16.6. The van der Waals surface area contributed by atoms with E-state index in [1.807, 2.05) is 42.5 Å². The van der Waals surface area contributed by atoms with Crippen LogP contribution in [-0.4, -0.2) is 34.1 Å². The normalized spacial score (nSPS) is 11.6. The number of ether oxygens (including phenoxy) is 1. The largest absolute Gasteiger partial charge is 0.505 e. The summed E-state index contributed by atoms with van der Waals surface area (Å²) in [5.41, 5.74) is 0.185. The molecule has 0 atom stereocenters. The zero-order valence-corrected chi connectivity index (χ0v) is 20.1. The molecule has 3 rings (SSSR count). The van der Waals surface area contributed by atoms with Crippen LogP contribution in [0.2, 0.25) is 0 Å². The molecule has 1 aromatic heterocycles. The van der Waals surface area contributed by atoms with Crippen LogP contribution in [0.1, 0.15) is 61.9 Å². The molecule has 2 aromatic carbocycles. The second-order valence-electron chi connectivity index (χ2n) is 9.88. The summed E-state index contributed by atoms with van der Waals surface area (Å²) in [6.07, 6.45) is 0.657. The number of carbonyl (C=O) groups excluding carboxylic acids is 2. The molecular weight excluding hydrogens is 430 g/mol. The van der Waals surface area contributed by atoms with Crippen LogP contribution in [0, 0.1) is 16.7 Å². The standard InChI is InChI=1S/C27H29N3O4/c1-26(2,3)34-25(33)27(4,5)16-29-24(32)22-23(31)19-12-11-18(13-17-9-7-6-8-10-17)14-20(19)21(15-28)30-22/h6-12,14,31H,13,16H2,1-5H3,(H,29,32). The Kier molecular flexibility index (Phi) is 6.92. The summed E-state index contributed by atoms with van der Waals surface area (Å²) in [5.74, 6) is -1.45. The van der Waals surface area contributed by atoms with Crippen LogP contribution in [0.15, 0.2) is 48.5 Å². The van der Waals surface area contributed by atoms with Crippen LogP contribution in [0.4, 0.5) is 0 Å². The van der Waals surface area contributed by atoms with Crippen molar-refractivity contribution in [3.05, 3.63) is 71.0 Å². The smallest absolute Gasteiger partial charge is 0.313 e. The lowest BCUT2D eigenvalue weighted by molar-refractivity contribution is -0.165. The maximum Gasteiger partial charge on any atom is 0.313 e. The molecule has 176 valence electrons. The summed E-state index contributed by atoms with van der Waals surface area (Å²) >= 11 is 0. The van der Waals surface area contributed by atoms with E-state index in [0.717, 1.165) is 11.1 Å². The minimum atomic E-state index is -1.00. The van der Waals surface area contributed by atoms with Gasteiger partial charge in [0.25, 0.3) is 5.91 Å². The van der Waals surface area contributed by atoms with Crippen molar-refractivity contribution in [3.8, 4) is 11.8 Å². The SMILES string of the molecule is CC(C)(C)OC(=O)C(C)(C)CNC(=O)c1nc(C#N)c2cc(Cc3ccccc3)ccc2c1O. The molecule has 2 N–H and O–H groups in total. The number of pyridine rings is 1. The quantitative estimate of drug-likeness (QED) is 0.525. The molecule has 0 spiro atoms. The van der Waals surface area contributed by atoms with Gasteiger partial charge in [-0.25, -0.2) is 4.98 Å². The van der Waals surface area contributed by atoms with Crippen LogP contribution < -0.4 is 5.32 Å². The molecule has 7 heteroatoms. The van der Waals surface area contributed by atoms with Gasteiger partial charge >= 0.3 is 5.97 Å². The van der Waals surface area contributed by atoms with Crippen molar-refractivity contribution >= 4 is 22.6 Å². The summed E-state index contributed by atoms with van der Waals surface area (Å²) in [7, 11) is 0. The van der Waals surface area contributed by atoms with Crippen LogP contribution in [0.25, 0.3) is 10.8 Å². The summed E-state index contributed by atoms with van der Waals surface area (Å²) in [4.78, 5) is 29.4. The molecule has 1 heterocycles. The molecule has 0 unspecified atom stereocenters. The van der Waals surface area contributed by atoms with Gasteiger partial charge in [-0.05, 0) is 58.2 Å². The zero-order valence-electron chi connectivity index (χ0n) is 20.1. The first-order valence-electron chi connectivity index (χ1n) is 11.0. The Balaban J connectivity index is 1.86. The molecule has 0 radical (unpaired) electrons. The van der Waals surface area contributed by atoms with Gasteiger partial charge in [0.2, 0.25) is 0 Å². The lowest BCUT2D eigenvalue weighted by Crippen LogP contribution is -2.42. The number of hydrogen-bond donors (Lipinski definition) is 2. The van der Waals surface area contributed by atoms with Crippen molar-refractivity contribution < 1.29 is 19.4 Å². The third kappa shape index (κ3) is 5.70. The van der Waals surface area contributed by atoms with Crippen molar-refractivity contribution in [2.45, 2.75) is 46.6 Å². The first-order chi connectivity index (χ1) is 15.9. The molecule has 3 aromatic rings. The lowest BCUT2D eigenvalue weighted by Gasteiger charge is -2.28. The van der Waals surface area contributed by atoms with Crippen LogP contribution in [0.5, 0.6) is 5.75 Å². The Morgan fingerprint density at radius 1 is 1.03 bits per heavy atom. The minimum Gasteiger partial charge on any atom is -0.505 e. The van der Waals surface area contributed by atoms with E-state index in [-0.39, 0.29) is 23.7 Å². The molecule has 0 aliphatic heterocycles. The number of fused-ring (bicyclic) bond motifs is 1. The molecule has 1 amide bonds. The van der Waals surface area contributed by atoms with E-state index in [0.29, 0.717) is 17.2 Å². The Morgan fingerprint density at radius 2 is 1.71 bits per heavy atom. The number of nitrogens with one attached hydrogen (secondary N) is 1. The predicted octanol–water partition coefficient (Wildman–Crippen LogP) is 4.50.